The van der Waals surface area contributed by atoms with Crippen LogP contribution in [0, 0.1) is 0 Å². The molecule has 0 saturated carbocycles. The fourth-order valence-corrected chi connectivity index (χ4v) is 5.11. The number of hydrogen-bond donors (Lipinski definition) is 3. The molecule has 0 fully saturated rings. The first-order chi connectivity index (χ1) is 17.6. The van der Waals surface area contributed by atoms with Crippen LogP contribution in [0.4, 0.5) is 10.5 Å². The second-order valence-electron chi connectivity index (χ2n) is 9.44. The molecular weight excluding hydrogens is 494 g/mol. The molecule has 3 amide bonds. The van der Waals surface area contributed by atoms with Gasteiger partial charge in [-0.25, -0.2) is 4.79 Å². The van der Waals surface area contributed by atoms with Gasteiger partial charge in [-0.3, -0.25) is 14.5 Å². The second kappa shape index (κ2) is 8.97. The molecule has 188 valence electrons. The Morgan fingerprint density at radius 1 is 1.03 bits per heavy atom. The lowest BCUT2D eigenvalue weighted by Gasteiger charge is -2.37. The number of anilines is 1. The molecule has 0 atom stereocenters. The fraction of sp³-hybridized carbons (Fsp3) is 0.179. The Bertz CT molecular complexity index is 1530. The van der Waals surface area contributed by atoms with Crippen molar-refractivity contribution < 1.29 is 23.9 Å². The van der Waals surface area contributed by atoms with Crippen molar-refractivity contribution in [2.45, 2.75) is 25.3 Å². The lowest BCUT2D eigenvalue weighted by molar-refractivity contribution is -0.125. The van der Waals surface area contributed by atoms with Gasteiger partial charge in [-0.1, -0.05) is 60.1 Å². The number of carboxylic acid groups (broad SMARTS) is 1. The summed E-state index contributed by atoms with van der Waals surface area (Å²) in [5, 5.41) is 13.7. The number of primary amides is 1. The number of benzene rings is 3. The maximum atomic E-state index is 13.6. The highest BCUT2D eigenvalue weighted by molar-refractivity contribution is 6.31. The van der Waals surface area contributed by atoms with Gasteiger partial charge in [0, 0.05) is 22.9 Å². The molecule has 0 spiro atoms. The van der Waals surface area contributed by atoms with Gasteiger partial charge >= 0.3 is 6.09 Å². The minimum Gasteiger partial charge on any atom is -0.465 e. The SMILES string of the molecule is CC(C)(C(=O)Nc1c(C(N)=O)oc2ccc(Cl)cc12)N(CC1c2ccccc2-c2ccccc21)C(=O)O. The number of rotatable bonds is 6. The second-order valence-corrected chi connectivity index (χ2v) is 9.88. The molecule has 1 heterocycles. The standard InChI is InChI=1S/C28H24ClN3O5/c1-28(2,26(34)31-23-20-13-15(29)11-12-22(20)37-24(23)25(30)33)32(27(35)36)14-21-18-9-5-3-7-16(18)17-8-4-6-10-19(17)21/h3-13,21H,14H2,1-2H3,(H2,30,33)(H,31,34)(H,35,36). The van der Waals surface area contributed by atoms with E-state index in [9.17, 15) is 19.5 Å². The van der Waals surface area contributed by atoms with Crippen LogP contribution in [-0.2, 0) is 4.79 Å². The molecule has 4 aromatic rings. The van der Waals surface area contributed by atoms with E-state index >= 15 is 0 Å². The van der Waals surface area contributed by atoms with Gasteiger partial charge in [0.25, 0.3) is 5.91 Å². The maximum Gasteiger partial charge on any atom is 0.408 e. The lowest BCUT2D eigenvalue weighted by Crippen LogP contribution is -2.56. The number of carbonyl (C=O) groups is 3. The molecule has 4 N–H and O–H groups in total. The molecule has 1 aromatic heterocycles. The van der Waals surface area contributed by atoms with E-state index in [0.717, 1.165) is 27.2 Å². The molecule has 0 radical (unpaired) electrons. The van der Waals surface area contributed by atoms with Crippen LogP contribution in [-0.4, -0.2) is 40.0 Å². The molecule has 37 heavy (non-hydrogen) atoms. The van der Waals surface area contributed by atoms with Gasteiger partial charge in [0.1, 0.15) is 16.8 Å². The highest BCUT2D eigenvalue weighted by atomic mass is 35.5. The molecule has 0 bridgehead atoms. The van der Waals surface area contributed by atoms with Gasteiger partial charge < -0.3 is 20.6 Å². The Labute approximate surface area is 217 Å². The average molecular weight is 518 g/mol. The number of carbonyl (C=O) groups excluding carboxylic acids is 2. The number of halogens is 1. The number of nitrogens with zero attached hydrogens (tertiary/aromatic N) is 1. The molecular formula is C28H24ClN3O5. The number of nitrogens with one attached hydrogen (secondary N) is 1. The largest absolute Gasteiger partial charge is 0.465 e. The molecule has 0 aliphatic heterocycles. The monoisotopic (exact) mass is 517 g/mol. The van der Waals surface area contributed by atoms with Gasteiger partial charge in [-0.2, -0.15) is 0 Å². The fourth-order valence-electron chi connectivity index (χ4n) is 4.94. The minimum absolute atomic E-state index is 0.0461. The van der Waals surface area contributed by atoms with Crippen molar-refractivity contribution in [1.82, 2.24) is 4.90 Å². The van der Waals surface area contributed by atoms with Crippen LogP contribution in [0.5, 0.6) is 0 Å². The molecule has 9 heteroatoms. The Morgan fingerprint density at radius 2 is 1.62 bits per heavy atom. The van der Waals surface area contributed by atoms with Crippen molar-refractivity contribution in [2.75, 3.05) is 11.9 Å². The highest BCUT2D eigenvalue weighted by Crippen LogP contribution is 2.45. The number of nitrogens with two attached hydrogens (primary N) is 1. The van der Waals surface area contributed by atoms with Crippen molar-refractivity contribution in [3.63, 3.8) is 0 Å². The first-order valence-electron chi connectivity index (χ1n) is 11.6. The van der Waals surface area contributed by atoms with E-state index in [1.165, 1.54) is 19.9 Å². The van der Waals surface area contributed by atoms with Gasteiger partial charge in [0.05, 0.1) is 0 Å². The quantitative estimate of drug-likeness (QED) is 0.302. The summed E-state index contributed by atoms with van der Waals surface area (Å²) in [6, 6.07) is 20.4. The van der Waals surface area contributed by atoms with E-state index in [0.29, 0.717) is 16.0 Å². The zero-order valence-corrected chi connectivity index (χ0v) is 20.9. The van der Waals surface area contributed by atoms with E-state index in [4.69, 9.17) is 21.8 Å². The summed E-state index contributed by atoms with van der Waals surface area (Å²) in [5.41, 5.74) is 8.39. The number of furan rings is 1. The van der Waals surface area contributed by atoms with Crippen LogP contribution < -0.4 is 11.1 Å². The van der Waals surface area contributed by atoms with Crippen molar-refractivity contribution in [2.24, 2.45) is 5.73 Å². The Kier molecular flexibility index (Phi) is 5.92. The third kappa shape index (κ3) is 4.09. The van der Waals surface area contributed by atoms with Gasteiger partial charge in [-0.05, 0) is 54.3 Å². The van der Waals surface area contributed by atoms with Crippen molar-refractivity contribution in [1.29, 1.82) is 0 Å². The summed E-state index contributed by atoms with van der Waals surface area (Å²) in [5.74, 6) is -2.04. The molecule has 0 saturated heterocycles. The van der Waals surface area contributed by atoms with Crippen LogP contribution in [0.1, 0.15) is 41.4 Å². The molecule has 8 nitrogen and oxygen atoms in total. The van der Waals surface area contributed by atoms with Crippen LogP contribution in [0.3, 0.4) is 0 Å². The predicted molar refractivity (Wildman–Crippen MR) is 141 cm³/mol. The minimum atomic E-state index is -1.53. The van der Waals surface area contributed by atoms with E-state index in [2.05, 4.69) is 5.32 Å². The summed E-state index contributed by atoms with van der Waals surface area (Å²) in [6.07, 6.45) is -1.25. The van der Waals surface area contributed by atoms with E-state index in [1.807, 2.05) is 48.5 Å². The third-order valence-electron chi connectivity index (χ3n) is 6.90. The molecule has 5 rings (SSSR count). The van der Waals surface area contributed by atoms with E-state index in [-0.39, 0.29) is 23.9 Å². The number of fused-ring (bicyclic) bond motifs is 4. The summed E-state index contributed by atoms with van der Waals surface area (Å²) in [4.78, 5) is 39.3. The first kappa shape index (κ1) is 24.4. The highest BCUT2D eigenvalue weighted by Gasteiger charge is 2.42. The summed E-state index contributed by atoms with van der Waals surface area (Å²) in [6.45, 7) is 3.08. The smallest absolute Gasteiger partial charge is 0.408 e. The number of hydrogen-bond acceptors (Lipinski definition) is 4. The van der Waals surface area contributed by atoms with Crippen LogP contribution >= 0.6 is 11.6 Å². The Hall–Kier alpha value is -4.30. The van der Waals surface area contributed by atoms with Crippen LogP contribution in [0.25, 0.3) is 22.1 Å². The third-order valence-corrected chi connectivity index (χ3v) is 7.14. The van der Waals surface area contributed by atoms with Crippen molar-refractivity contribution in [3.8, 4) is 11.1 Å². The summed E-state index contributed by atoms with van der Waals surface area (Å²) < 4.78 is 5.55. The topological polar surface area (TPSA) is 126 Å². The molecule has 3 aromatic carbocycles. The Balaban J connectivity index is 1.50. The van der Waals surface area contributed by atoms with E-state index in [1.54, 1.807) is 12.1 Å². The van der Waals surface area contributed by atoms with E-state index < -0.39 is 23.4 Å². The molecule has 1 aliphatic rings. The average Bonchev–Trinajstić information content (AvgIpc) is 3.38. The summed E-state index contributed by atoms with van der Waals surface area (Å²) in [7, 11) is 0. The predicted octanol–water partition coefficient (Wildman–Crippen LogP) is 5.69. The van der Waals surface area contributed by atoms with Crippen LogP contribution in [0.2, 0.25) is 5.02 Å². The summed E-state index contributed by atoms with van der Waals surface area (Å²) >= 11 is 6.12. The molecule has 0 unspecified atom stereocenters. The van der Waals surface area contributed by atoms with Crippen LogP contribution in [0.15, 0.2) is 71.1 Å². The van der Waals surface area contributed by atoms with Crippen molar-refractivity contribution >= 4 is 46.2 Å². The van der Waals surface area contributed by atoms with Gasteiger partial charge in [-0.15, -0.1) is 0 Å². The normalized spacial score (nSPS) is 12.7. The van der Waals surface area contributed by atoms with Gasteiger partial charge in [0.15, 0.2) is 0 Å². The zero-order valence-electron chi connectivity index (χ0n) is 20.1. The number of amides is 3. The molecule has 1 aliphatic carbocycles. The first-order valence-corrected chi connectivity index (χ1v) is 12.0. The van der Waals surface area contributed by atoms with Crippen molar-refractivity contribution in [3.05, 3.63) is 88.6 Å². The zero-order chi connectivity index (χ0) is 26.5. The Morgan fingerprint density at radius 3 is 2.19 bits per heavy atom. The lowest BCUT2D eigenvalue weighted by atomic mass is 9.93. The van der Waals surface area contributed by atoms with Gasteiger partial charge in [0.2, 0.25) is 11.7 Å². The maximum absolute atomic E-state index is 13.6.